The molecule has 0 fully saturated rings. The minimum Gasteiger partial charge on any atom is -0.496 e. The number of anilines is 1. The van der Waals surface area contributed by atoms with E-state index in [9.17, 15) is 5.11 Å². The number of nitrogens with one attached hydrogen (secondary N) is 1. The maximum absolute atomic E-state index is 9.23. The first-order valence-electron chi connectivity index (χ1n) is 6.61. The van der Waals surface area contributed by atoms with Gasteiger partial charge in [-0.2, -0.15) is 0 Å². The van der Waals surface area contributed by atoms with Gasteiger partial charge in [-0.05, 0) is 11.6 Å². The number of hydrogen-bond donors (Lipinski definition) is 2. The maximum atomic E-state index is 9.23. The Morgan fingerprint density at radius 1 is 1.14 bits per heavy atom. The summed E-state index contributed by atoms with van der Waals surface area (Å²) in [5.74, 6) is 1.21. The molecule has 21 heavy (non-hydrogen) atoms. The van der Waals surface area contributed by atoms with Crippen LogP contribution in [0.1, 0.15) is 5.56 Å². The number of hydrogen-bond acceptors (Lipinski definition) is 6. The monoisotopic (exact) mass is 289 g/mol. The fraction of sp³-hybridized carbons (Fsp3) is 0.333. The van der Waals surface area contributed by atoms with Crippen LogP contribution in [0.25, 0.3) is 11.1 Å². The molecule has 0 unspecified atom stereocenters. The summed E-state index contributed by atoms with van der Waals surface area (Å²) in [6.07, 6.45) is 3.49. The van der Waals surface area contributed by atoms with E-state index in [1.807, 2.05) is 18.2 Å². The maximum Gasteiger partial charge on any atom is 0.222 e. The highest BCUT2D eigenvalue weighted by Crippen LogP contribution is 2.26. The highest BCUT2D eigenvalue weighted by Gasteiger charge is 2.06. The van der Waals surface area contributed by atoms with E-state index in [1.54, 1.807) is 26.6 Å². The van der Waals surface area contributed by atoms with Crippen molar-refractivity contribution in [3.05, 3.63) is 36.2 Å². The molecule has 1 aromatic heterocycles. The molecule has 0 aliphatic rings. The predicted molar refractivity (Wildman–Crippen MR) is 80.3 cm³/mol. The van der Waals surface area contributed by atoms with Crippen LogP contribution in [0.2, 0.25) is 0 Å². The third kappa shape index (κ3) is 3.90. The summed E-state index contributed by atoms with van der Waals surface area (Å²) in [5.41, 5.74) is 2.57. The standard InChI is InChI=1S/C15H19N3O3/c1-20-6-5-16-15-17-8-13(9-18-15)11-3-4-12(10-19)14(7-11)21-2/h3-4,7-9,19H,5-6,10H2,1-2H3,(H,16,17,18). The van der Waals surface area contributed by atoms with Gasteiger partial charge in [0.2, 0.25) is 5.95 Å². The molecule has 1 aromatic carbocycles. The molecule has 112 valence electrons. The third-order valence-corrected chi connectivity index (χ3v) is 3.03. The van der Waals surface area contributed by atoms with Crippen molar-refractivity contribution in [1.82, 2.24) is 9.97 Å². The number of methoxy groups -OCH3 is 2. The Morgan fingerprint density at radius 3 is 2.52 bits per heavy atom. The second-order valence-corrected chi connectivity index (χ2v) is 4.40. The zero-order valence-corrected chi connectivity index (χ0v) is 12.2. The van der Waals surface area contributed by atoms with Crippen molar-refractivity contribution in [3.63, 3.8) is 0 Å². The van der Waals surface area contributed by atoms with E-state index >= 15 is 0 Å². The van der Waals surface area contributed by atoms with Gasteiger partial charge in [0.15, 0.2) is 0 Å². The minimum atomic E-state index is -0.0533. The molecule has 0 spiro atoms. The average Bonchev–Trinajstić information content (AvgIpc) is 2.55. The summed E-state index contributed by atoms with van der Waals surface area (Å²) in [5, 5.41) is 12.3. The molecule has 2 rings (SSSR count). The quantitative estimate of drug-likeness (QED) is 0.756. The number of aliphatic hydroxyl groups is 1. The topological polar surface area (TPSA) is 76.5 Å². The summed E-state index contributed by atoms with van der Waals surface area (Å²) in [6.45, 7) is 1.21. The highest BCUT2D eigenvalue weighted by atomic mass is 16.5. The molecule has 0 bridgehead atoms. The van der Waals surface area contributed by atoms with E-state index in [0.29, 0.717) is 24.8 Å². The van der Waals surface area contributed by atoms with Crippen LogP contribution in [0.3, 0.4) is 0 Å². The van der Waals surface area contributed by atoms with E-state index in [4.69, 9.17) is 9.47 Å². The molecule has 0 radical (unpaired) electrons. The van der Waals surface area contributed by atoms with E-state index in [-0.39, 0.29) is 6.61 Å². The second kappa shape index (κ2) is 7.56. The van der Waals surface area contributed by atoms with Crippen molar-refractivity contribution in [2.45, 2.75) is 6.61 Å². The minimum absolute atomic E-state index is 0.0533. The smallest absolute Gasteiger partial charge is 0.222 e. The number of aromatic nitrogens is 2. The lowest BCUT2D eigenvalue weighted by molar-refractivity contribution is 0.210. The van der Waals surface area contributed by atoms with E-state index < -0.39 is 0 Å². The first kappa shape index (κ1) is 15.2. The molecule has 0 saturated carbocycles. The van der Waals surface area contributed by atoms with Crippen molar-refractivity contribution in [3.8, 4) is 16.9 Å². The number of benzene rings is 1. The van der Waals surface area contributed by atoms with Crippen LogP contribution < -0.4 is 10.1 Å². The summed E-state index contributed by atoms with van der Waals surface area (Å²) in [4.78, 5) is 8.51. The summed E-state index contributed by atoms with van der Waals surface area (Å²) in [7, 11) is 3.23. The van der Waals surface area contributed by atoms with Gasteiger partial charge in [0, 0.05) is 37.2 Å². The molecule has 0 aliphatic heterocycles. The van der Waals surface area contributed by atoms with Crippen molar-refractivity contribution in [2.24, 2.45) is 0 Å². The summed E-state index contributed by atoms with van der Waals surface area (Å²) >= 11 is 0. The zero-order chi connectivity index (χ0) is 15.1. The molecule has 2 aromatic rings. The molecule has 6 heteroatoms. The van der Waals surface area contributed by atoms with Crippen molar-refractivity contribution < 1.29 is 14.6 Å². The molecule has 6 nitrogen and oxygen atoms in total. The molecule has 0 amide bonds. The Morgan fingerprint density at radius 2 is 1.90 bits per heavy atom. The molecular formula is C15H19N3O3. The average molecular weight is 289 g/mol. The van der Waals surface area contributed by atoms with E-state index in [1.165, 1.54) is 0 Å². The first-order chi connectivity index (χ1) is 10.3. The molecule has 1 heterocycles. The predicted octanol–water partition coefficient (Wildman–Crippen LogP) is 1.70. The van der Waals surface area contributed by atoms with E-state index in [2.05, 4.69) is 15.3 Å². The molecular weight excluding hydrogens is 270 g/mol. The van der Waals surface area contributed by atoms with Gasteiger partial charge >= 0.3 is 0 Å². The Bertz CT molecular complexity index is 573. The summed E-state index contributed by atoms with van der Waals surface area (Å²) in [6, 6.07) is 5.60. The lowest BCUT2D eigenvalue weighted by Gasteiger charge is -2.09. The van der Waals surface area contributed by atoms with Crippen LogP contribution in [-0.4, -0.2) is 42.4 Å². The van der Waals surface area contributed by atoms with Gasteiger partial charge in [-0.25, -0.2) is 9.97 Å². The van der Waals surface area contributed by atoms with Gasteiger partial charge in [0.25, 0.3) is 0 Å². The lowest BCUT2D eigenvalue weighted by Crippen LogP contribution is -2.09. The number of aliphatic hydroxyl groups excluding tert-OH is 1. The van der Waals surface area contributed by atoms with Crippen LogP contribution in [0, 0.1) is 0 Å². The highest BCUT2D eigenvalue weighted by molar-refractivity contribution is 5.65. The summed E-state index contributed by atoms with van der Waals surface area (Å²) < 4.78 is 10.2. The van der Waals surface area contributed by atoms with Gasteiger partial charge in [0.1, 0.15) is 5.75 Å². The normalized spacial score (nSPS) is 10.4. The van der Waals surface area contributed by atoms with Crippen LogP contribution in [0.4, 0.5) is 5.95 Å². The Kier molecular flexibility index (Phi) is 5.48. The van der Waals surface area contributed by atoms with E-state index in [0.717, 1.165) is 16.7 Å². The molecule has 0 atom stereocenters. The van der Waals surface area contributed by atoms with Crippen molar-refractivity contribution in [1.29, 1.82) is 0 Å². The zero-order valence-electron chi connectivity index (χ0n) is 12.2. The van der Waals surface area contributed by atoms with Crippen LogP contribution in [0.15, 0.2) is 30.6 Å². The molecule has 0 saturated heterocycles. The lowest BCUT2D eigenvalue weighted by atomic mass is 10.1. The SMILES string of the molecule is COCCNc1ncc(-c2ccc(CO)c(OC)c2)cn1. The molecule has 0 aliphatic carbocycles. The van der Waals surface area contributed by atoms with Gasteiger partial charge < -0.3 is 19.9 Å². The largest absolute Gasteiger partial charge is 0.496 e. The first-order valence-corrected chi connectivity index (χ1v) is 6.61. The fourth-order valence-electron chi connectivity index (χ4n) is 1.89. The molecule has 2 N–H and O–H groups in total. The Labute approximate surface area is 123 Å². The van der Waals surface area contributed by atoms with Gasteiger partial charge in [-0.1, -0.05) is 12.1 Å². The third-order valence-electron chi connectivity index (χ3n) is 3.03. The Balaban J connectivity index is 2.14. The van der Waals surface area contributed by atoms with Gasteiger partial charge in [-0.15, -0.1) is 0 Å². The van der Waals surface area contributed by atoms with Gasteiger partial charge in [0.05, 0.1) is 20.3 Å². The van der Waals surface area contributed by atoms with Crippen LogP contribution in [-0.2, 0) is 11.3 Å². The van der Waals surface area contributed by atoms with Crippen LogP contribution in [0.5, 0.6) is 5.75 Å². The van der Waals surface area contributed by atoms with Crippen molar-refractivity contribution in [2.75, 3.05) is 32.7 Å². The van der Waals surface area contributed by atoms with Crippen LogP contribution >= 0.6 is 0 Å². The fourth-order valence-corrected chi connectivity index (χ4v) is 1.89. The van der Waals surface area contributed by atoms with Gasteiger partial charge in [-0.3, -0.25) is 0 Å². The number of rotatable bonds is 7. The van der Waals surface area contributed by atoms with Crippen molar-refractivity contribution >= 4 is 5.95 Å². The number of nitrogens with zero attached hydrogens (tertiary/aromatic N) is 2. The Hall–Kier alpha value is -2.18. The second-order valence-electron chi connectivity index (χ2n) is 4.40. The number of ether oxygens (including phenoxy) is 2.